The summed E-state index contributed by atoms with van der Waals surface area (Å²) in [7, 11) is 0. The zero-order valence-electron chi connectivity index (χ0n) is 16.4. The number of aliphatic imine (C=N–C) groups is 1. The van der Waals surface area contributed by atoms with E-state index < -0.39 is 6.04 Å². The molecular formula is C21H22N8O. The number of nitrogen functional groups attached to an aromatic ring is 2. The molecule has 9 nitrogen and oxygen atoms in total. The lowest BCUT2D eigenvalue weighted by Crippen LogP contribution is -2.33. The first-order chi connectivity index (χ1) is 14.6. The maximum Gasteiger partial charge on any atom is 0.211 e. The predicted octanol–water partition coefficient (Wildman–Crippen LogP) is 2.52. The second-order valence-corrected chi connectivity index (χ2v) is 7.32. The second-order valence-electron chi connectivity index (χ2n) is 7.32. The molecule has 4 rings (SSSR count). The lowest BCUT2D eigenvalue weighted by molar-refractivity contribution is 0.0452. The van der Waals surface area contributed by atoms with E-state index in [2.05, 4.69) is 20.6 Å². The Bertz CT molecular complexity index is 1080. The van der Waals surface area contributed by atoms with Crippen molar-refractivity contribution in [1.82, 2.24) is 10.3 Å². The molecule has 0 amide bonds. The van der Waals surface area contributed by atoms with Crippen molar-refractivity contribution in [2.24, 2.45) is 4.99 Å². The second kappa shape index (κ2) is 8.27. The van der Waals surface area contributed by atoms with Crippen LogP contribution in [0.4, 0.5) is 17.3 Å². The van der Waals surface area contributed by atoms with Gasteiger partial charge in [-0.1, -0.05) is 37.1 Å². The zero-order chi connectivity index (χ0) is 21.1. The topological polar surface area (TPSA) is 158 Å². The Morgan fingerprint density at radius 1 is 1.20 bits per heavy atom. The first kappa shape index (κ1) is 19.5. The fourth-order valence-corrected chi connectivity index (χ4v) is 4.00. The Morgan fingerprint density at radius 2 is 1.97 bits per heavy atom. The summed E-state index contributed by atoms with van der Waals surface area (Å²) in [6.45, 7) is 0.448. The number of aromatic nitrogens is 1. The lowest BCUT2D eigenvalue weighted by atomic mass is 9.92. The van der Waals surface area contributed by atoms with Gasteiger partial charge in [0.2, 0.25) is 5.96 Å². The molecule has 1 fully saturated rings. The Morgan fingerprint density at radius 3 is 2.70 bits per heavy atom. The van der Waals surface area contributed by atoms with Crippen LogP contribution in [0, 0.1) is 22.8 Å². The fraction of sp³-hybridized carbons (Fsp3) is 0.333. The van der Waals surface area contributed by atoms with Crippen LogP contribution in [0.15, 0.2) is 29.3 Å². The standard InChI is InChI=1S/C21H22N8O/c22-9-15-17(24)16-18(27-21(26-11-23)29-20(16)28-19(15)25)14-8-4-1-5-12(14)10-30-13-6-2-3-7-13/h1,4-5,8,13,18H,2-3,6-7,10H2,(H6,24,25,26,27,28,29). The summed E-state index contributed by atoms with van der Waals surface area (Å²) >= 11 is 0. The average molecular weight is 402 g/mol. The maximum absolute atomic E-state index is 9.47. The minimum atomic E-state index is -0.569. The van der Waals surface area contributed by atoms with Gasteiger partial charge in [0.05, 0.1) is 18.4 Å². The molecular weight excluding hydrogens is 380 g/mol. The van der Waals surface area contributed by atoms with Crippen LogP contribution in [0.3, 0.4) is 0 Å². The Hall–Kier alpha value is -3.82. The van der Waals surface area contributed by atoms with Crippen LogP contribution in [0.25, 0.3) is 0 Å². The molecule has 152 valence electrons. The van der Waals surface area contributed by atoms with E-state index in [0.29, 0.717) is 18.0 Å². The van der Waals surface area contributed by atoms with E-state index in [1.54, 1.807) is 0 Å². The minimum absolute atomic E-state index is 0.0241. The Labute approximate surface area is 174 Å². The third-order valence-corrected chi connectivity index (χ3v) is 5.48. The van der Waals surface area contributed by atoms with Crippen molar-refractivity contribution >= 4 is 23.3 Å². The number of benzene rings is 1. The Kier molecular flexibility index (Phi) is 5.38. The van der Waals surface area contributed by atoms with Crippen molar-refractivity contribution in [3.8, 4) is 12.3 Å². The summed E-state index contributed by atoms with van der Waals surface area (Å²) < 4.78 is 6.13. The number of anilines is 3. The monoisotopic (exact) mass is 402 g/mol. The molecule has 30 heavy (non-hydrogen) atoms. The third-order valence-electron chi connectivity index (χ3n) is 5.48. The molecule has 0 bridgehead atoms. The normalized spacial score (nSPS) is 17.9. The number of hydrogen-bond donors (Lipinski definition) is 4. The molecule has 1 atom stereocenters. The highest BCUT2D eigenvalue weighted by molar-refractivity contribution is 5.98. The van der Waals surface area contributed by atoms with Gasteiger partial charge in [-0.25, -0.2) is 9.98 Å². The number of rotatable bonds is 4. The first-order valence-electron chi connectivity index (χ1n) is 9.80. The van der Waals surface area contributed by atoms with Gasteiger partial charge in [-0.05, 0) is 24.0 Å². The summed E-state index contributed by atoms with van der Waals surface area (Å²) in [4.78, 5) is 8.93. The lowest BCUT2D eigenvalue weighted by Gasteiger charge is -2.27. The highest BCUT2D eigenvalue weighted by Gasteiger charge is 2.31. The minimum Gasteiger partial charge on any atom is -0.397 e. The van der Waals surface area contributed by atoms with Gasteiger partial charge in [-0.3, -0.25) is 5.32 Å². The summed E-state index contributed by atoms with van der Waals surface area (Å²) in [6.07, 6.45) is 6.68. The van der Waals surface area contributed by atoms with Crippen molar-refractivity contribution < 1.29 is 4.74 Å². The number of nitrogens with one attached hydrogen (secondary N) is 2. The number of fused-ring (bicyclic) bond motifs is 1. The summed E-state index contributed by atoms with van der Waals surface area (Å²) in [6, 6.07) is 9.25. The van der Waals surface area contributed by atoms with E-state index in [9.17, 15) is 5.26 Å². The molecule has 0 radical (unpaired) electrons. The summed E-state index contributed by atoms with van der Waals surface area (Å²) in [5.41, 5.74) is 15.0. The van der Waals surface area contributed by atoms with Crippen LogP contribution in [0.5, 0.6) is 0 Å². The molecule has 6 N–H and O–H groups in total. The molecule has 0 spiro atoms. The molecule has 1 aromatic heterocycles. The van der Waals surface area contributed by atoms with Gasteiger partial charge in [0, 0.05) is 5.56 Å². The largest absolute Gasteiger partial charge is 0.397 e. The number of pyridine rings is 1. The number of hydrogen-bond acceptors (Lipinski definition) is 9. The molecule has 1 aromatic carbocycles. The first-order valence-corrected chi connectivity index (χ1v) is 9.80. The van der Waals surface area contributed by atoms with Crippen molar-refractivity contribution in [1.29, 1.82) is 10.5 Å². The van der Waals surface area contributed by atoms with Crippen molar-refractivity contribution in [2.45, 2.75) is 44.4 Å². The van der Waals surface area contributed by atoms with E-state index in [1.165, 1.54) is 12.8 Å². The average Bonchev–Trinajstić information content (AvgIpc) is 3.26. The van der Waals surface area contributed by atoms with Gasteiger partial charge in [0.15, 0.2) is 6.19 Å². The van der Waals surface area contributed by atoms with E-state index in [0.717, 1.165) is 24.0 Å². The Balaban J connectivity index is 1.78. The van der Waals surface area contributed by atoms with E-state index in [-0.39, 0.29) is 29.1 Å². The summed E-state index contributed by atoms with van der Waals surface area (Å²) in [5.74, 6) is 0.627. The number of guanidine groups is 1. The molecule has 9 heteroatoms. The fourth-order valence-electron chi connectivity index (χ4n) is 4.00. The van der Waals surface area contributed by atoms with Gasteiger partial charge in [-0.15, -0.1) is 0 Å². The number of nitrogens with two attached hydrogens (primary N) is 2. The molecule has 2 heterocycles. The maximum atomic E-state index is 9.47. The molecule has 2 aliphatic rings. The molecule has 0 saturated heterocycles. The molecule has 1 saturated carbocycles. The SMILES string of the molecule is N#CNC1=NC(c2ccccc2COC2CCCC2)c2c(nc(N)c(C#N)c2N)N1. The van der Waals surface area contributed by atoms with Crippen LogP contribution in [0.2, 0.25) is 0 Å². The number of nitriles is 2. The highest BCUT2D eigenvalue weighted by atomic mass is 16.5. The molecule has 1 aliphatic carbocycles. The predicted molar refractivity (Wildman–Crippen MR) is 113 cm³/mol. The quantitative estimate of drug-likeness (QED) is 0.448. The number of ether oxygens (including phenoxy) is 1. The molecule has 2 aromatic rings. The molecule has 1 aliphatic heterocycles. The van der Waals surface area contributed by atoms with E-state index >= 15 is 0 Å². The smallest absolute Gasteiger partial charge is 0.211 e. The van der Waals surface area contributed by atoms with E-state index in [1.807, 2.05) is 36.5 Å². The van der Waals surface area contributed by atoms with Crippen molar-refractivity contribution in [3.63, 3.8) is 0 Å². The van der Waals surface area contributed by atoms with Gasteiger partial charge < -0.3 is 21.5 Å². The molecule has 1 unspecified atom stereocenters. The van der Waals surface area contributed by atoms with Crippen LogP contribution >= 0.6 is 0 Å². The van der Waals surface area contributed by atoms with Crippen LogP contribution in [0.1, 0.15) is 54.0 Å². The van der Waals surface area contributed by atoms with E-state index in [4.69, 9.17) is 21.5 Å². The van der Waals surface area contributed by atoms with Crippen molar-refractivity contribution in [3.05, 3.63) is 46.5 Å². The van der Waals surface area contributed by atoms with Gasteiger partial charge in [-0.2, -0.15) is 10.5 Å². The van der Waals surface area contributed by atoms with Crippen LogP contribution in [-0.4, -0.2) is 17.0 Å². The van der Waals surface area contributed by atoms with Crippen LogP contribution < -0.4 is 22.1 Å². The summed E-state index contributed by atoms with van der Waals surface area (Å²) in [5, 5.41) is 24.0. The van der Waals surface area contributed by atoms with Gasteiger partial charge in [0.1, 0.15) is 29.3 Å². The highest BCUT2D eigenvalue weighted by Crippen LogP contribution is 2.41. The zero-order valence-corrected chi connectivity index (χ0v) is 16.4. The van der Waals surface area contributed by atoms with Crippen molar-refractivity contribution in [2.75, 3.05) is 16.8 Å². The van der Waals surface area contributed by atoms with Gasteiger partial charge >= 0.3 is 0 Å². The van der Waals surface area contributed by atoms with Gasteiger partial charge in [0.25, 0.3) is 0 Å². The number of nitrogens with zero attached hydrogens (tertiary/aromatic N) is 4. The third kappa shape index (κ3) is 3.59. The van der Waals surface area contributed by atoms with Crippen LogP contribution in [-0.2, 0) is 11.3 Å².